The largest absolute Gasteiger partial charge is 0.458 e. The van der Waals surface area contributed by atoms with E-state index in [0.29, 0.717) is 6.61 Å². The summed E-state index contributed by atoms with van der Waals surface area (Å²) >= 11 is 0. The molecular weight excluding hydrogens is 669 g/mol. The van der Waals surface area contributed by atoms with Crippen molar-refractivity contribution in [2.24, 2.45) is 0 Å². The lowest BCUT2D eigenvalue weighted by Crippen LogP contribution is -2.66. The van der Waals surface area contributed by atoms with Crippen LogP contribution < -0.4 is 11.2 Å². The van der Waals surface area contributed by atoms with E-state index in [4.69, 9.17) is 31.9 Å². The van der Waals surface area contributed by atoms with Crippen LogP contribution >= 0.6 is 0 Å². The lowest BCUT2D eigenvalue weighted by atomic mass is 10.1. The molecule has 48 heavy (non-hydrogen) atoms. The molecule has 3 rings (SSSR count). The van der Waals surface area contributed by atoms with Crippen molar-refractivity contribution in [3.05, 3.63) is 33.1 Å². The van der Waals surface area contributed by atoms with E-state index in [9.17, 15) is 14.4 Å². The van der Waals surface area contributed by atoms with Gasteiger partial charge in [0.25, 0.3) is 5.56 Å². The second kappa shape index (κ2) is 15.8. The zero-order valence-electron chi connectivity index (χ0n) is 31.8. The fraction of sp³-hybridized carbons (Fsp3) is 0.848. The summed E-state index contributed by atoms with van der Waals surface area (Å²) in [6.07, 6.45) is -1.93. The lowest BCUT2D eigenvalue weighted by Gasteiger charge is -2.51. The van der Waals surface area contributed by atoms with Crippen molar-refractivity contribution in [2.75, 3.05) is 19.8 Å². The van der Waals surface area contributed by atoms with Crippen LogP contribution in [0.25, 0.3) is 0 Å². The lowest BCUT2D eigenvalue weighted by molar-refractivity contribution is -0.166. The number of hydrogen-bond donors (Lipinski definition) is 0. The summed E-state index contributed by atoms with van der Waals surface area (Å²) in [5, 5.41) is 0. The van der Waals surface area contributed by atoms with Gasteiger partial charge in [-0.25, -0.2) is 14.2 Å². The van der Waals surface area contributed by atoms with Crippen molar-refractivity contribution < 1.29 is 36.7 Å². The minimum atomic E-state index is -3.10. The van der Waals surface area contributed by atoms with Crippen LogP contribution in [0.4, 0.5) is 0 Å². The molecule has 3 heterocycles. The van der Waals surface area contributed by atoms with Crippen LogP contribution in [-0.2, 0) is 43.4 Å². The molecule has 276 valence electrons. The highest BCUT2D eigenvalue weighted by Gasteiger charge is 2.62. The minimum Gasteiger partial charge on any atom is -0.458 e. The van der Waals surface area contributed by atoms with Gasteiger partial charge in [-0.2, -0.15) is 0 Å². The normalized spacial score (nSPS) is 24.6. The summed E-state index contributed by atoms with van der Waals surface area (Å²) in [7, 11) is -7.35. The van der Waals surface area contributed by atoms with Gasteiger partial charge in [0.15, 0.2) is 6.23 Å². The Hall–Kier alpha value is -1.44. The molecule has 0 saturated carbocycles. The van der Waals surface area contributed by atoms with E-state index in [-0.39, 0.29) is 35.5 Å². The second-order valence-corrected chi connectivity index (χ2v) is 31.1. The Morgan fingerprint density at radius 2 is 1.56 bits per heavy atom. The number of nitrogens with zero attached hydrogens (tertiary/aromatic N) is 2. The molecule has 2 aliphatic heterocycles. The molecule has 0 N–H and O–H groups in total. The Labute approximate surface area is 290 Å². The predicted octanol–water partition coefficient (Wildman–Crippen LogP) is 5.90. The summed E-state index contributed by atoms with van der Waals surface area (Å²) in [5.41, 5.74) is -1.48. The zero-order chi connectivity index (χ0) is 36.4. The highest BCUT2D eigenvalue weighted by atomic mass is 28.5. The van der Waals surface area contributed by atoms with Gasteiger partial charge >= 0.3 is 28.8 Å². The van der Waals surface area contributed by atoms with Crippen molar-refractivity contribution in [3.8, 4) is 0 Å². The third-order valence-electron chi connectivity index (χ3n) is 9.02. The van der Waals surface area contributed by atoms with E-state index in [0.717, 1.165) is 10.6 Å². The van der Waals surface area contributed by atoms with Crippen LogP contribution in [0.1, 0.15) is 82.4 Å². The summed E-state index contributed by atoms with van der Waals surface area (Å²) in [6, 6.07) is 2.21. The average Bonchev–Trinajstić information content (AvgIpc) is 3.25. The van der Waals surface area contributed by atoms with Gasteiger partial charge < -0.3 is 31.9 Å². The number of aromatic nitrogens is 2. The van der Waals surface area contributed by atoms with Gasteiger partial charge in [0.2, 0.25) is 0 Å². The Kier molecular flexibility index (Phi) is 13.5. The Balaban J connectivity index is 2.12. The monoisotopic (exact) mass is 730 g/mol. The van der Waals surface area contributed by atoms with Crippen LogP contribution in [0, 0.1) is 0 Å². The van der Waals surface area contributed by atoms with Crippen LogP contribution in [-0.4, -0.2) is 84.0 Å². The Bertz CT molecular complexity index is 1330. The molecule has 12 nitrogen and oxygen atoms in total. The molecule has 1 aromatic heterocycles. The van der Waals surface area contributed by atoms with Gasteiger partial charge in [0.05, 0.1) is 6.61 Å². The summed E-state index contributed by atoms with van der Waals surface area (Å²) in [4.78, 5) is 39.8. The van der Waals surface area contributed by atoms with Crippen LogP contribution in [0.3, 0.4) is 0 Å². The summed E-state index contributed by atoms with van der Waals surface area (Å²) in [6.45, 7) is 29.1. The number of ether oxygens (including phenoxy) is 4. The van der Waals surface area contributed by atoms with Crippen molar-refractivity contribution >= 4 is 31.2 Å². The number of esters is 1. The van der Waals surface area contributed by atoms with Gasteiger partial charge in [-0.05, 0) is 49.0 Å². The van der Waals surface area contributed by atoms with E-state index in [1.807, 2.05) is 0 Å². The zero-order valence-corrected chi connectivity index (χ0v) is 34.8. The number of rotatable bonds is 13. The number of carbonyl (C=O) groups excluding carboxylic acids is 1. The van der Waals surface area contributed by atoms with Crippen LogP contribution in [0.2, 0.25) is 47.8 Å². The molecule has 1 aromatic rings. The average molecular weight is 731 g/mol. The van der Waals surface area contributed by atoms with Crippen LogP contribution in [0.15, 0.2) is 21.9 Å². The molecule has 4 atom stereocenters. The van der Waals surface area contributed by atoms with E-state index in [1.54, 1.807) is 20.8 Å². The summed E-state index contributed by atoms with van der Waals surface area (Å²) in [5.74, 6) is -0.557. The van der Waals surface area contributed by atoms with Crippen molar-refractivity contribution in [1.82, 2.24) is 9.13 Å². The molecule has 0 aliphatic carbocycles. The number of fused-ring (bicyclic) bond motifs is 1. The molecular formula is C33H62N2O10Si3. The second-order valence-electron chi connectivity index (χ2n) is 16.6. The topological polar surface area (TPSA) is 126 Å². The predicted molar refractivity (Wildman–Crippen MR) is 192 cm³/mol. The van der Waals surface area contributed by atoms with Gasteiger partial charge in [0, 0.05) is 26.9 Å². The molecule has 1 unspecified atom stereocenters. The smallest absolute Gasteiger partial charge is 0.335 e. The minimum absolute atomic E-state index is 0.0349. The van der Waals surface area contributed by atoms with E-state index < -0.39 is 79.2 Å². The Morgan fingerprint density at radius 3 is 2.08 bits per heavy atom. The number of carbonyl (C=O) groups is 1. The first kappa shape index (κ1) is 41.0. The van der Waals surface area contributed by atoms with Crippen molar-refractivity contribution in [3.63, 3.8) is 0 Å². The molecule has 0 aromatic carbocycles. The third kappa shape index (κ3) is 9.46. The van der Waals surface area contributed by atoms with Gasteiger partial charge in [-0.3, -0.25) is 9.36 Å². The maximum Gasteiger partial charge on any atom is 0.335 e. The first-order valence-corrected chi connectivity index (χ1v) is 25.1. The number of hydrogen-bond acceptors (Lipinski definition) is 10. The van der Waals surface area contributed by atoms with Crippen molar-refractivity contribution in [1.29, 1.82) is 0 Å². The molecule has 15 heteroatoms. The van der Waals surface area contributed by atoms with E-state index in [2.05, 4.69) is 75.0 Å². The Morgan fingerprint density at radius 1 is 0.979 bits per heavy atom. The maximum absolute atomic E-state index is 14.0. The quantitative estimate of drug-likeness (QED) is 0.138. The third-order valence-corrected chi connectivity index (χ3v) is 21.0. The molecule has 2 aliphatic rings. The highest BCUT2D eigenvalue weighted by Crippen LogP contribution is 2.48. The van der Waals surface area contributed by atoms with Gasteiger partial charge in [-0.1, -0.05) is 75.0 Å². The standard InChI is InChI=1S/C33H62N2O10Si3/c1-22(2)47(23(3)4)41-19-26-29(44-48(45-47,24(5)6)25(7)8)30(40-20-28(37)43-33(9,10)11)31(42-26)34-16-15-27(36)35(32(34)38)21-39-17-18-46(12,13)14/h15-16,22-26,29-31H,17-21H2,1-14H3/t26-,29-,30-,31?/m1/s1. The highest BCUT2D eigenvalue weighted by molar-refractivity contribution is 6.84. The molecule has 0 radical (unpaired) electrons. The van der Waals surface area contributed by atoms with Gasteiger partial charge in [0.1, 0.15) is 37.3 Å². The fourth-order valence-corrected chi connectivity index (χ4v) is 18.4. The van der Waals surface area contributed by atoms with Crippen molar-refractivity contribution in [2.45, 2.75) is 161 Å². The summed E-state index contributed by atoms with van der Waals surface area (Å²) < 4.78 is 48.2. The SMILES string of the molecule is CC(C)[Si]1(C(C)C)OC[C@H]2OC(n3ccc(=O)n(COCC[Si](C)(C)C)c3=O)[C@H](OCC(=O)OC(C)(C)C)[C@@H]2O[Si](C(C)C)(C(C)C)O1. The molecule has 2 saturated heterocycles. The van der Waals surface area contributed by atoms with E-state index >= 15 is 0 Å². The van der Waals surface area contributed by atoms with E-state index in [1.165, 1.54) is 16.8 Å². The first-order valence-electron chi connectivity index (χ1n) is 17.4. The first-order chi connectivity index (χ1) is 22.0. The molecule has 0 spiro atoms. The molecule has 2 fully saturated rings. The van der Waals surface area contributed by atoms with Gasteiger partial charge in [-0.15, -0.1) is 0 Å². The maximum atomic E-state index is 14.0. The molecule has 0 amide bonds. The molecule has 0 bridgehead atoms. The fourth-order valence-electron chi connectivity index (χ4n) is 6.44. The van der Waals surface area contributed by atoms with Crippen LogP contribution in [0.5, 0.6) is 0 Å².